The molecule has 0 bridgehead atoms. The zero-order valence-electron chi connectivity index (χ0n) is 6.15. The van der Waals surface area contributed by atoms with Crippen molar-refractivity contribution in [2.45, 2.75) is 6.42 Å². The largest absolute Gasteiger partial charge is 0.309 e. The number of alkyl halides is 1. The quantitative estimate of drug-likeness (QED) is 0.353. The van der Waals surface area contributed by atoms with E-state index in [0.29, 0.717) is 6.00 Å². The fraction of sp³-hybridized carbons (Fsp3) is 1.00. The first-order valence-corrected chi connectivity index (χ1v) is 3.72. The predicted molar refractivity (Wildman–Crippen MR) is 41.9 cm³/mol. The Kier molecular flexibility index (Phi) is 6.48. The molecule has 0 saturated carbocycles. The molecule has 0 aliphatic rings. The lowest BCUT2D eigenvalue weighted by Gasteiger charge is -2.07. The molecule has 0 aromatic rings. The van der Waals surface area contributed by atoms with E-state index in [4.69, 9.17) is 11.6 Å². The summed E-state index contributed by atoms with van der Waals surface area (Å²) in [6.07, 6.45) is 1.17. The van der Waals surface area contributed by atoms with Crippen LogP contribution in [0.15, 0.2) is 0 Å². The van der Waals surface area contributed by atoms with E-state index in [1.807, 2.05) is 0 Å². The summed E-state index contributed by atoms with van der Waals surface area (Å²) in [5, 5.41) is 3.04. The van der Waals surface area contributed by atoms with Crippen LogP contribution in [0.3, 0.4) is 0 Å². The first-order valence-electron chi connectivity index (χ1n) is 3.19. The van der Waals surface area contributed by atoms with Gasteiger partial charge in [0, 0.05) is 0 Å². The highest BCUT2D eigenvalue weighted by Crippen LogP contribution is 1.80. The molecule has 0 fully saturated rings. The number of nitrogens with one attached hydrogen (secondary N) is 1. The van der Waals surface area contributed by atoms with Crippen molar-refractivity contribution in [3.8, 4) is 0 Å². The molecule has 0 radical (unpaired) electrons. The van der Waals surface area contributed by atoms with Crippen LogP contribution in [0.1, 0.15) is 6.42 Å². The molecule has 0 rings (SSSR count). The van der Waals surface area contributed by atoms with Crippen LogP contribution in [-0.4, -0.2) is 38.1 Å². The fourth-order valence-electron chi connectivity index (χ4n) is 0.587. The van der Waals surface area contributed by atoms with Gasteiger partial charge in [0.2, 0.25) is 0 Å². The Bertz CT molecular complexity index is 57.0. The molecule has 0 unspecified atom stereocenters. The van der Waals surface area contributed by atoms with Crippen molar-refractivity contribution in [2.75, 3.05) is 33.2 Å². The van der Waals surface area contributed by atoms with Gasteiger partial charge in [0.05, 0.1) is 6.00 Å². The van der Waals surface area contributed by atoms with Gasteiger partial charge in [-0.3, -0.25) is 0 Å². The Labute approximate surface area is 62.2 Å². The highest BCUT2D eigenvalue weighted by molar-refractivity contribution is 6.17. The molecule has 0 atom stereocenters. The number of hydrogen-bond donors (Lipinski definition) is 1. The summed E-state index contributed by atoms with van der Waals surface area (Å²) in [5.74, 6) is 0. The first-order chi connectivity index (χ1) is 4.27. The van der Waals surface area contributed by atoms with Crippen LogP contribution in [0, 0.1) is 0 Å². The standard InChI is InChI=1S/C6H15ClN2/c1-9(2)5-3-4-8-6-7/h8H,3-6H2,1-2H3. The number of nitrogens with zero attached hydrogens (tertiary/aromatic N) is 1. The molecule has 0 aromatic carbocycles. The molecule has 0 spiro atoms. The van der Waals surface area contributed by atoms with Crippen LogP contribution >= 0.6 is 11.6 Å². The Morgan fingerprint density at radius 2 is 2.11 bits per heavy atom. The van der Waals surface area contributed by atoms with Crippen molar-refractivity contribution in [3.63, 3.8) is 0 Å². The minimum absolute atomic E-state index is 0.563. The van der Waals surface area contributed by atoms with Crippen molar-refractivity contribution in [1.29, 1.82) is 0 Å². The van der Waals surface area contributed by atoms with Crippen LogP contribution in [0.5, 0.6) is 0 Å². The molecule has 9 heavy (non-hydrogen) atoms. The van der Waals surface area contributed by atoms with Crippen LogP contribution in [0.25, 0.3) is 0 Å². The van der Waals surface area contributed by atoms with Crippen molar-refractivity contribution in [2.24, 2.45) is 0 Å². The molecule has 0 heterocycles. The topological polar surface area (TPSA) is 15.3 Å². The Balaban J connectivity index is 2.75. The summed E-state index contributed by atoms with van der Waals surface area (Å²) in [6.45, 7) is 2.14. The van der Waals surface area contributed by atoms with E-state index in [2.05, 4.69) is 24.3 Å². The minimum atomic E-state index is 0.563. The Morgan fingerprint density at radius 3 is 2.56 bits per heavy atom. The van der Waals surface area contributed by atoms with E-state index in [1.165, 1.54) is 6.42 Å². The predicted octanol–water partition coefficient (Wildman–Crippen LogP) is 0.724. The maximum atomic E-state index is 5.39. The van der Waals surface area contributed by atoms with Gasteiger partial charge in [-0.2, -0.15) is 0 Å². The van der Waals surface area contributed by atoms with Gasteiger partial charge in [0.15, 0.2) is 0 Å². The molecule has 3 heteroatoms. The van der Waals surface area contributed by atoms with Crippen LogP contribution in [0.4, 0.5) is 0 Å². The molecule has 0 aliphatic heterocycles. The first kappa shape index (κ1) is 9.21. The molecule has 0 aliphatic carbocycles. The zero-order chi connectivity index (χ0) is 7.11. The van der Waals surface area contributed by atoms with Gasteiger partial charge in [0.25, 0.3) is 0 Å². The minimum Gasteiger partial charge on any atom is -0.309 e. The van der Waals surface area contributed by atoms with Crippen molar-refractivity contribution in [3.05, 3.63) is 0 Å². The van der Waals surface area contributed by atoms with Gasteiger partial charge in [-0.1, -0.05) is 0 Å². The van der Waals surface area contributed by atoms with E-state index in [0.717, 1.165) is 13.1 Å². The molecule has 1 N–H and O–H groups in total. The molecule has 0 aromatic heterocycles. The van der Waals surface area contributed by atoms with Gasteiger partial charge >= 0.3 is 0 Å². The summed E-state index contributed by atoms with van der Waals surface area (Å²) in [5.41, 5.74) is 0. The average molecular weight is 151 g/mol. The fourth-order valence-corrected chi connectivity index (χ4v) is 0.721. The molecule has 0 amide bonds. The zero-order valence-corrected chi connectivity index (χ0v) is 6.91. The van der Waals surface area contributed by atoms with Crippen molar-refractivity contribution >= 4 is 11.6 Å². The summed E-state index contributed by atoms with van der Waals surface area (Å²) in [6, 6.07) is 0.563. The molecule has 0 saturated heterocycles. The van der Waals surface area contributed by atoms with Gasteiger partial charge in [-0.15, -0.1) is 11.6 Å². The third-order valence-electron chi connectivity index (χ3n) is 1.05. The van der Waals surface area contributed by atoms with Crippen molar-refractivity contribution in [1.82, 2.24) is 10.2 Å². The van der Waals surface area contributed by atoms with Gasteiger partial charge in [-0.05, 0) is 33.6 Å². The second-order valence-electron chi connectivity index (χ2n) is 2.29. The van der Waals surface area contributed by atoms with E-state index >= 15 is 0 Å². The smallest absolute Gasteiger partial charge is 0.0713 e. The summed E-state index contributed by atoms with van der Waals surface area (Å²) < 4.78 is 0. The highest BCUT2D eigenvalue weighted by Gasteiger charge is 1.87. The normalized spacial score (nSPS) is 10.7. The SMILES string of the molecule is CN(C)CCCNCCl. The van der Waals surface area contributed by atoms with E-state index < -0.39 is 0 Å². The lowest BCUT2D eigenvalue weighted by molar-refractivity contribution is 0.397. The lowest BCUT2D eigenvalue weighted by Crippen LogP contribution is -2.20. The molecule has 2 nitrogen and oxygen atoms in total. The highest BCUT2D eigenvalue weighted by atomic mass is 35.5. The second kappa shape index (κ2) is 6.33. The van der Waals surface area contributed by atoms with Gasteiger partial charge in [-0.25, -0.2) is 0 Å². The van der Waals surface area contributed by atoms with E-state index in [9.17, 15) is 0 Å². The molecular weight excluding hydrogens is 136 g/mol. The monoisotopic (exact) mass is 150 g/mol. The number of hydrogen-bond acceptors (Lipinski definition) is 2. The summed E-state index contributed by atoms with van der Waals surface area (Å²) in [4.78, 5) is 2.16. The Morgan fingerprint density at radius 1 is 1.44 bits per heavy atom. The van der Waals surface area contributed by atoms with Crippen LogP contribution in [0.2, 0.25) is 0 Å². The second-order valence-corrected chi connectivity index (χ2v) is 2.56. The maximum Gasteiger partial charge on any atom is 0.0713 e. The van der Waals surface area contributed by atoms with Crippen molar-refractivity contribution < 1.29 is 0 Å². The summed E-state index contributed by atoms with van der Waals surface area (Å²) >= 11 is 5.39. The van der Waals surface area contributed by atoms with E-state index in [1.54, 1.807) is 0 Å². The van der Waals surface area contributed by atoms with Gasteiger partial charge in [0.1, 0.15) is 0 Å². The lowest BCUT2D eigenvalue weighted by atomic mass is 10.4. The maximum absolute atomic E-state index is 5.39. The van der Waals surface area contributed by atoms with Crippen LogP contribution < -0.4 is 5.32 Å². The van der Waals surface area contributed by atoms with Gasteiger partial charge < -0.3 is 10.2 Å². The van der Waals surface area contributed by atoms with Crippen LogP contribution in [-0.2, 0) is 0 Å². The summed E-state index contributed by atoms with van der Waals surface area (Å²) in [7, 11) is 4.14. The van der Waals surface area contributed by atoms with E-state index in [-0.39, 0.29) is 0 Å². The average Bonchev–Trinajstić information content (AvgIpc) is 1.80. The Hall–Kier alpha value is 0.210. The number of halogens is 1. The number of rotatable bonds is 5. The third kappa shape index (κ3) is 8.21. The molecule has 56 valence electrons. The third-order valence-corrected chi connectivity index (χ3v) is 1.24. The molecular formula is C6H15ClN2.